The first-order valence-electron chi connectivity index (χ1n) is 5.03. The Labute approximate surface area is 90.3 Å². The second-order valence-corrected chi connectivity index (χ2v) is 4.57. The summed E-state index contributed by atoms with van der Waals surface area (Å²) < 4.78 is 0. The normalized spacial score (nSPS) is 15.1. The van der Waals surface area contributed by atoms with E-state index in [1.54, 1.807) is 11.8 Å². The van der Waals surface area contributed by atoms with Crippen LogP contribution in [-0.4, -0.2) is 16.8 Å². The molecule has 0 bridgehead atoms. The van der Waals surface area contributed by atoms with Crippen molar-refractivity contribution in [1.82, 2.24) is 4.98 Å². The molecule has 0 spiro atoms. The van der Waals surface area contributed by atoms with Crippen LogP contribution in [0.5, 0.6) is 0 Å². The highest BCUT2D eigenvalue weighted by Gasteiger charge is 2.10. The van der Waals surface area contributed by atoms with Crippen molar-refractivity contribution in [3.8, 4) is 0 Å². The van der Waals surface area contributed by atoms with Gasteiger partial charge >= 0.3 is 0 Å². The highest BCUT2D eigenvalue weighted by atomic mass is 32.2. The lowest BCUT2D eigenvalue weighted by atomic mass is 10.0. The summed E-state index contributed by atoms with van der Waals surface area (Å²) in [5.74, 6) is 1.54. The molecule has 1 aromatic rings. The van der Waals surface area contributed by atoms with Gasteiger partial charge in [0.05, 0.1) is 5.03 Å². The molecule has 0 fully saturated rings. The van der Waals surface area contributed by atoms with Crippen molar-refractivity contribution in [2.24, 2.45) is 11.7 Å². The Kier molecular flexibility index (Phi) is 4.98. The molecule has 0 amide bonds. The molecule has 1 heterocycles. The smallest absolute Gasteiger partial charge is 0.0960 e. The van der Waals surface area contributed by atoms with Crippen molar-refractivity contribution in [1.29, 1.82) is 0 Å². The molecule has 14 heavy (non-hydrogen) atoms. The van der Waals surface area contributed by atoms with Crippen molar-refractivity contribution in [3.05, 3.63) is 24.4 Å². The highest BCUT2D eigenvalue weighted by molar-refractivity contribution is 7.99. The van der Waals surface area contributed by atoms with Crippen LogP contribution < -0.4 is 5.73 Å². The molecule has 78 valence electrons. The van der Waals surface area contributed by atoms with Crippen LogP contribution in [0.15, 0.2) is 29.4 Å². The van der Waals surface area contributed by atoms with Crippen LogP contribution in [-0.2, 0) is 0 Å². The standard InChI is InChI=1S/C11H18N2S/c1-3-9(2)10(12)8-14-11-6-4-5-7-13-11/h4-7,9-10H,3,8,12H2,1-2H3/t9-,10+/m1/s1. The fourth-order valence-electron chi connectivity index (χ4n) is 1.08. The van der Waals surface area contributed by atoms with Crippen molar-refractivity contribution in [2.75, 3.05) is 5.75 Å². The highest BCUT2D eigenvalue weighted by Crippen LogP contribution is 2.18. The molecule has 0 saturated heterocycles. The topological polar surface area (TPSA) is 38.9 Å². The van der Waals surface area contributed by atoms with E-state index in [9.17, 15) is 0 Å². The Hall–Kier alpha value is -0.540. The average Bonchev–Trinajstić information content (AvgIpc) is 2.26. The van der Waals surface area contributed by atoms with E-state index in [2.05, 4.69) is 18.8 Å². The van der Waals surface area contributed by atoms with Crippen molar-refractivity contribution < 1.29 is 0 Å². The molecule has 0 aliphatic heterocycles. The summed E-state index contributed by atoms with van der Waals surface area (Å²) in [5.41, 5.74) is 6.03. The summed E-state index contributed by atoms with van der Waals surface area (Å²) in [7, 11) is 0. The molecule has 0 aliphatic rings. The predicted octanol–water partition coefficient (Wildman–Crippen LogP) is 2.55. The average molecular weight is 210 g/mol. The maximum Gasteiger partial charge on any atom is 0.0960 e. The zero-order valence-corrected chi connectivity index (χ0v) is 9.63. The quantitative estimate of drug-likeness (QED) is 0.759. The SMILES string of the molecule is CC[C@@H](C)[C@@H](N)CSc1ccccn1. The van der Waals surface area contributed by atoms with Gasteiger partial charge in [-0.15, -0.1) is 11.8 Å². The molecule has 0 aromatic carbocycles. The van der Waals surface area contributed by atoms with E-state index in [-0.39, 0.29) is 6.04 Å². The van der Waals surface area contributed by atoms with Gasteiger partial charge in [0, 0.05) is 18.0 Å². The van der Waals surface area contributed by atoms with Gasteiger partial charge in [0.25, 0.3) is 0 Å². The number of nitrogens with zero attached hydrogens (tertiary/aromatic N) is 1. The van der Waals surface area contributed by atoms with Gasteiger partial charge in [0.1, 0.15) is 0 Å². The number of pyridine rings is 1. The summed E-state index contributed by atoms with van der Waals surface area (Å²) in [5, 5.41) is 1.06. The monoisotopic (exact) mass is 210 g/mol. The van der Waals surface area contributed by atoms with Gasteiger partial charge in [-0.3, -0.25) is 0 Å². The van der Waals surface area contributed by atoms with Gasteiger partial charge in [0.2, 0.25) is 0 Å². The molecule has 1 rings (SSSR count). The molecule has 2 N–H and O–H groups in total. The molecule has 0 unspecified atom stereocenters. The second-order valence-electron chi connectivity index (χ2n) is 3.53. The second kappa shape index (κ2) is 6.04. The Balaban J connectivity index is 2.34. The van der Waals surface area contributed by atoms with E-state index in [1.165, 1.54) is 0 Å². The predicted molar refractivity (Wildman–Crippen MR) is 62.4 cm³/mol. The van der Waals surface area contributed by atoms with E-state index in [0.717, 1.165) is 17.2 Å². The number of thioether (sulfide) groups is 1. The Morgan fingerprint density at radius 3 is 2.86 bits per heavy atom. The molecule has 0 saturated carbocycles. The summed E-state index contributed by atoms with van der Waals surface area (Å²) in [4.78, 5) is 4.24. The number of aromatic nitrogens is 1. The molecule has 1 aromatic heterocycles. The lowest BCUT2D eigenvalue weighted by Gasteiger charge is -2.17. The minimum atomic E-state index is 0.270. The molecule has 2 atom stereocenters. The van der Waals surface area contributed by atoms with Crippen LogP contribution in [0.2, 0.25) is 0 Å². The first-order valence-corrected chi connectivity index (χ1v) is 6.02. The fourth-order valence-corrected chi connectivity index (χ4v) is 2.08. The Bertz CT molecular complexity index is 251. The lowest BCUT2D eigenvalue weighted by Crippen LogP contribution is -2.30. The molecule has 0 aliphatic carbocycles. The van der Waals surface area contributed by atoms with Crippen LogP contribution >= 0.6 is 11.8 Å². The lowest BCUT2D eigenvalue weighted by molar-refractivity contribution is 0.475. The summed E-state index contributed by atoms with van der Waals surface area (Å²) in [6.45, 7) is 4.37. The number of hydrogen-bond donors (Lipinski definition) is 1. The minimum Gasteiger partial charge on any atom is -0.327 e. The van der Waals surface area contributed by atoms with Gasteiger partial charge in [-0.1, -0.05) is 26.3 Å². The first kappa shape index (κ1) is 11.5. The minimum absolute atomic E-state index is 0.270. The van der Waals surface area contributed by atoms with Gasteiger partial charge < -0.3 is 5.73 Å². The molecular formula is C11H18N2S. The Morgan fingerprint density at radius 2 is 2.29 bits per heavy atom. The first-order chi connectivity index (χ1) is 6.74. The molecular weight excluding hydrogens is 192 g/mol. The maximum atomic E-state index is 6.03. The van der Waals surface area contributed by atoms with Crippen molar-refractivity contribution in [2.45, 2.75) is 31.3 Å². The third-order valence-corrected chi connectivity index (χ3v) is 3.53. The van der Waals surface area contributed by atoms with Gasteiger partial charge in [-0.05, 0) is 18.1 Å². The summed E-state index contributed by atoms with van der Waals surface area (Å²) in [6.07, 6.45) is 2.96. The number of rotatable bonds is 5. The third-order valence-electron chi connectivity index (χ3n) is 2.44. The van der Waals surface area contributed by atoms with Crippen molar-refractivity contribution in [3.63, 3.8) is 0 Å². The van der Waals surface area contributed by atoms with Gasteiger partial charge in [-0.25, -0.2) is 4.98 Å². The zero-order valence-electron chi connectivity index (χ0n) is 8.81. The van der Waals surface area contributed by atoms with Crippen molar-refractivity contribution >= 4 is 11.8 Å². The van der Waals surface area contributed by atoms with Crippen LogP contribution in [0.4, 0.5) is 0 Å². The molecule has 3 heteroatoms. The number of nitrogens with two attached hydrogens (primary N) is 1. The van der Waals surface area contributed by atoms with E-state index < -0.39 is 0 Å². The summed E-state index contributed by atoms with van der Waals surface area (Å²) in [6, 6.07) is 6.23. The van der Waals surface area contributed by atoms with Crippen LogP contribution in [0.25, 0.3) is 0 Å². The van der Waals surface area contributed by atoms with Gasteiger partial charge in [0.15, 0.2) is 0 Å². The van der Waals surface area contributed by atoms with Crippen LogP contribution in [0, 0.1) is 5.92 Å². The van der Waals surface area contributed by atoms with Crippen LogP contribution in [0.3, 0.4) is 0 Å². The largest absolute Gasteiger partial charge is 0.327 e. The Morgan fingerprint density at radius 1 is 1.50 bits per heavy atom. The van der Waals surface area contributed by atoms with Gasteiger partial charge in [-0.2, -0.15) is 0 Å². The van der Waals surface area contributed by atoms with Crippen LogP contribution in [0.1, 0.15) is 20.3 Å². The zero-order chi connectivity index (χ0) is 10.4. The molecule has 2 nitrogen and oxygen atoms in total. The van der Waals surface area contributed by atoms with E-state index in [0.29, 0.717) is 5.92 Å². The third kappa shape index (κ3) is 3.68. The fraction of sp³-hybridized carbons (Fsp3) is 0.545. The van der Waals surface area contributed by atoms with E-state index in [1.807, 2.05) is 24.4 Å². The van der Waals surface area contributed by atoms with E-state index in [4.69, 9.17) is 5.73 Å². The number of hydrogen-bond acceptors (Lipinski definition) is 3. The summed E-state index contributed by atoms with van der Waals surface area (Å²) >= 11 is 1.74. The molecule has 0 radical (unpaired) electrons. The maximum absolute atomic E-state index is 6.03. The van der Waals surface area contributed by atoms with E-state index >= 15 is 0 Å².